The summed E-state index contributed by atoms with van der Waals surface area (Å²) in [6.45, 7) is 12.0. The molecule has 0 aromatic heterocycles. The molecule has 1 rings (SSSR count). The van der Waals surface area contributed by atoms with Crippen LogP contribution in [0.2, 0.25) is 0 Å². The number of hydrogen-bond donors (Lipinski definition) is 1. The third kappa shape index (κ3) is 2.99. The Morgan fingerprint density at radius 2 is 2.00 bits per heavy atom. The number of hydrogen-bond acceptors (Lipinski definition) is 2. The van der Waals surface area contributed by atoms with Crippen LogP contribution in [-0.4, -0.2) is 36.1 Å². The molecule has 0 aromatic rings. The molecule has 1 atom stereocenters. The first-order valence-corrected chi connectivity index (χ1v) is 6.60. The van der Waals surface area contributed by atoms with Crippen molar-refractivity contribution in [1.29, 1.82) is 0 Å². The smallest absolute Gasteiger partial charge is 0.0604 e. The highest BCUT2D eigenvalue weighted by Gasteiger charge is 2.35. The van der Waals surface area contributed by atoms with Crippen LogP contribution in [0.3, 0.4) is 0 Å². The summed E-state index contributed by atoms with van der Waals surface area (Å²) >= 11 is 0. The first kappa shape index (κ1) is 13.5. The predicted octanol–water partition coefficient (Wildman–Crippen LogP) is 2.25. The Kier molecular flexibility index (Phi) is 5.31. The average Bonchev–Trinajstić information content (AvgIpc) is 2.35. The molecule has 0 amide bonds. The van der Waals surface area contributed by atoms with E-state index in [1.54, 1.807) is 0 Å². The third-order valence-corrected chi connectivity index (χ3v) is 4.02. The second-order valence-corrected chi connectivity index (χ2v) is 4.76. The molecule has 1 fully saturated rings. The molecule has 0 spiro atoms. The highest BCUT2D eigenvalue weighted by molar-refractivity contribution is 5.03. The van der Waals surface area contributed by atoms with Gasteiger partial charge in [-0.1, -0.05) is 26.7 Å². The minimum absolute atomic E-state index is 0.321. The van der Waals surface area contributed by atoms with E-state index < -0.39 is 0 Å². The molecule has 0 saturated carbocycles. The number of rotatable bonds is 4. The van der Waals surface area contributed by atoms with E-state index in [0.717, 1.165) is 19.6 Å². The van der Waals surface area contributed by atoms with E-state index in [9.17, 15) is 0 Å². The first-order valence-electron chi connectivity index (χ1n) is 6.60. The van der Waals surface area contributed by atoms with Gasteiger partial charge in [0.2, 0.25) is 0 Å². The third-order valence-electron chi connectivity index (χ3n) is 4.02. The normalized spacial score (nSPS) is 24.9. The lowest BCUT2D eigenvalue weighted by molar-refractivity contribution is 0.0826. The first-order chi connectivity index (χ1) is 7.71. The number of piperazine rings is 1. The summed E-state index contributed by atoms with van der Waals surface area (Å²) in [6, 6.07) is 0.659. The van der Waals surface area contributed by atoms with Gasteiger partial charge in [-0.25, -0.2) is 0 Å². The molecule has 1 saturated heterocycles. The summed E-state index contributed by atoms with van der Waals surface area (Å²) in [6.07, 6.45) is 3.62. The molecule has 1 N–H and O–H groups in total. The van der Waals surface area contributed by atoms with E-state index in [2.05, 4.69) is 42.8 Å². The highest BCUT2D eigenvalue weighted by Crippen LogP contribution is 2.23. The lowest BCUT2D eigenvalue weighted by atomic mass is 9.88. The van der Waals surface area contributed by atoms with Crippen LogP contribution in [-0.2, 0) is 0 Å². The van der Waals surface area contributed by atoms with E-state index in [1.165, 1.54) is 19.3 Å². The van der Waals surface area contributed by atoms with Crippen molar-refractivity contribution in [3.8, 4) is 11.8 Å². The Balaban J connectivity index is 2.69. The highest BCUT2D eigenvalue weighted by atomic mass is 15.2. The molecule has 0 bridgehead atoms. The van der Waals surface area contributed by atoms with Crippen LogP contribution in [0, 0.1) is 11.8 Å². The molecule has 1 heterocycles. The second kappa shape index (κ2) is 6.27. The monoisotopic (exact) mass is 222 g/mol. The van der Waals surface area contributed by atoms with Gasteiger partial charge in [-0.3, -0.25) is 4.90 Å². The maximum atomic E-state index is 3.75. The maximum Gasteiger partial charge on any atom is 0.0604 e. The zero-order valence-corrected chi connectivity index (χ0v) is 11.3. The summed E-state index contributed by atoms with van der Waals surface area (Å²) in [5.74, 6) is 6.23. The standard InChI is InChI=1S/C14H26N2/c1-5-9-10-16-12-14(7-3,8-4)15-11-13(16)6-2/h13,15H,6-8,10-12H2,1-4H3. The topological polar surface area (TPSA) is 15.3 Å². The van der Waals surface area contributed by atoms with Crippen molar-refractivity contribution >= 4 is 0 Å². The number of nitrogens with zero attached hydrogens (tertiary/aromatic N) is 1. The zero-order valence-electron chi connectivity index (χ0n) is 11.3. The Hall–Kier alpha value is -0.520. The van der Waals surface area contributed by atoms with E-state index in [0.29, 0.717) is 11.6 Å². The molecule has 2 heteroatoms. The predicted molar refractivity (Wildman–Crippen MR) is 70.4 cm³/mol. The van der Waals surface area contributed by atoms with Crippen LogP contribution in [0.1, 0.15) is 47.0 Å². The van der Waals surface area contributed by atoms with Crippen LogP contribution >= 0.6 is 0 Å². The van der Waals surface area contributed by atoms with Crippen molar-refractivity contribution in [2.45, 2.75) is 58.5 Å². The van der Waals surface area contributed by atoms with Gasteiger partial charge < -0.3 is 5.32 Å². The van der Waals surface area contributed by atoms with E-state index in [1.807, 2.05) is 6.92 Å². The van der Waals surface area contributed by atoms with Gasteiger partial charge in [0.05, 0.1) is 6.54 Å². The van der Waals surface area contributed by atoms with Crippen molar-refractivity contribution in [1.82, 2.24) is 10.2 Å². The molecule has 1 aliphatic heterocycles. The van der Waals surface area contributed by atoms with Gasteiger partial charge in [0, 0.05) is 24.7 Å². The van der Waals surface area contributed by atoms with Crippen molar-refractivity contribution in [2.24, 2.45) is 0 Å². The summed E-state index contributed by atoms with van der Waals surface area (Å²) in [4.78, 5) is 2.56. The maximum absolute atomic E-state index is 3.75. The van der Waals surface area contributed by atoms with Gasteiger partial charge in [-0.15, -0.1) is 5.92 Å². The lowest BCUT2D eigenvalue weighted by Crippen LogP contribution is -2.63. The van der Waals surface area contributed by atoms with Crippen LogP contribution in [0.15, 0.2) is 0 Å². The van der Waals surface area contributed by atoms with Gasteiger partial charge in [0.1, 0.15) is 0 Å². The lowest BCUT2D eigenvalue weighted by Gasteiger charge is -2.46. The van der Waals surface area contributed by atoms with Gasteiger partial charge in [-0.05, 0) is 26.2 Å². The van der Waals surface area contributed by atoms with E-state index >= 15 is 0 Å². The van der Waals surface area contributed by atoms with Crippen LogP contribution in [0.5, 0.6) is 0 Å². The Morgan fingerprint density at radius 3 is 2.50 bits per heavy atom. The Morgan fingerprint density at radius 1 is 1.31 bits per heavy atom. The fourth-order valence-electron chi connectivity index (χ4n) is 2.53. The van der Waals surface area contributed by atoms with E-state index in [-0.39, 0.29) is 0 Å². The molecule has 2 nitrogen and oxygen atoms in total. The molecule has 1 aliphatic rings. The van der Waals surface area contributed by atoms with Crippen LogP contribution < -0.4 is 5.32 Å². The molecule has 0 radical (unpaired) electrons. The largest absolute Gasteiger partial charge is 0.308 e. The molecule has 1 unspecified atom stereocenters. The minimum Gasteiger partial charge on any atom is -0.308 e. The average molecular weight is 222 g/mol. The van der Waals surface area contributed by atoms with Gasteiger partial charge in [0.15, 0.2) is 0 Å². The van der Waals surface area contributed by atoms with Crippen LogP contribution in [0.25, 0.3) is 0 Å². The fraction of sp³-hybridized carbons (Fsp3) is 0.857. The van der Waals surface area contributed by atoms with Gasteiger partial charge in [0.25, 0.3) is 0 Å². The fourth-order valence-corrected chi connectivity index (χ4v) is 2.53. The summed E-state index contributed by atoms with van der Waals surface area (Å²) in [5.41, 5.74) is 0.321. The zero-order chi connectivity index (χ0) is 12.0. The SMILES string of the molecule is CC#CCN1CC(CC)(CC)NCC1CC. The van der Waals surface area contributed by atoms with Crippen molar-refractivity contribution in [2.75, 3.05) is 19.6 Å². The molecule has 92 valence electrons. The summed E-state index contributed by atoms with van der Waals surface area (Å²) in [7, 11) is 0. The second-order valence-electron chi connectivity index (χ2n) is 4.76. The van der Waals surface area contributed by atoms with Crippen LogP contribution in [0.4, 0.5) is 0 Å². The van der Waals surface area contributed by atoms with Crippen molar-refractivity contribution < 1.29 is 0 Å². The molecular weight excluding hydrogens is 196 g/mol. The minimum atomic E-state index is 0.321. The van der Waals surface area contributed by atoms with Crippen molar-refractivity contribution in [3.63, 3.8) is 0 Å². The quantitative estimate of drug-likeness (QED) is 0.734. The molecule has 0 aliphatic carbocycles. The molecule has 16 heavy (non-hydrogen) atoms. The summed E-state index contributed by atoms with van der Waals surface area (Å²) < 4.78 is 0. The van der Waals surface area contributed by atoms with Gasteiger partial charge in [-0.2, -0.15) is 0 Å². The molecule has 0 aromatic carbocycles. The Bertz CT molecular complexity index is 258. The van der Waals surface area contributed by atoms with E-state index in [4.69, 9.17) is 0 Å². The number of nitrogens with one attached hydrogen (secondary N) is 1. The Labute approximate surface area is 101 Å². The summed E-state index contributed by atoms with van der Waals surface area (Å²) in [5, 5.41) is 3.75. The van der Waals surface area contributed by atoms with Crippen molar-refractivity contribution in [3.05, 3.63) is 0 Å². The van der Waals surface area contributed by atoms with Gasteiger partial charge >= 0.3 is 0 Å². The molecular formula is C14H26N2.